The van der Waals surface area contributed by atoms with Crippen molar-refractivity contribution in [1.82, 2.24) is 5.32 Å². The zero-order chi connectivity index (χ0) is 7.56. The second kappa shape index (κ2) is 4.16. The van der Waals surface area contributed by atoms with Gasteiger partial charge in [-0.1, -0.05) is 0 Å². The number of carboxylic acid groups (broad SMARTS) is 1. The lowest BCUT2D eigenvalue weighted by molar-refractivity contribution is -0.139. The minimum atomic E-state index is -0.863. The third-order valence-electron chi connectivity index (χ3n) is 1.61. The molecule has 0 bridgehead atoms. The van der Waals surface area contributed by atoms with E-state index in [1.54, 1.807) is 0 Å². The molecule has 0 aromatic carbocycles. The Morgan fingerprint density at radius 2 is 2.36 bits per heavy atom. The first-order valence-corrected chi connectivity index (χ1v) is 3.10. The normalized spacial score (nSPS) is 28.6. The van der Waals surface area contributed by atoms with Gasteiger partial charge in [0.1, 0.15) is 6.04 Å². The van der Waals surface area contributed by atoms with Gasteiger partial charge in [-0.05, 0) is 6.42 Å². The number of rotatable bonds is 1. The lowest BCUT2D eigenvalue weighted by atomic mass is 10.1. The average Bonchev–Trinajstić information content (AvgIpc) is 2.34. The highest BCUT2D eigenvalue weighted by Crippen LogP contribution is 2.12. The van der Waals surface area contributed by atoms with E-state index >= 15 is 0 Å². The number of nitrogens with one attached hydrogen (secondary N) is 1. The summed E-state index contributed by atoms with van der Waals surface area (Å²) in [5, 5.41) is 19.6. The highest BCUT2D eigenvalue weighted by molar-refractivity contribution is 5.85. The molecule has 1 rings (SSSR count). The lowest BCUT2D eigenvalue weighted by Gasteiger charge is -1.99. The van der Waals surface area contributed by atoms with Gasteiger partial charge in [-0.15, -0.1) is 12.4 Å². The van der Waals surface area contributed by atoms with Crippen LogP contribution in [-0.4, -0.2) is 23.7 Å². The van der Waals surface area contributed by atoms with Gasteiger partial charge in [-0.25, -0.2) is 0 Å². The molecule has 1 heterocycles. The molecule has 0 spiro atoms. The summed E-state index contributed by atoms with van der Waals surface area (Å²) in [4.78, 5) is 10.3. The minimum Gasteiger partial charge on any atom is -0.480 e. The van der Waals surface area contributed by atoms with Gasteiger partial charge in [0.25, 0.3) is 0 Å². The zero-order valence-corrected chi connectivity index (χ0v) is 6.60. The fourth-order valence-electron chi connectivity index (χ4n) is 1.02. The van der Waals surface area contributed by atoms with Crippen LogP contribution in [0, 0.1) is 17.2 Å². The van der Waals surface area contributed by atoms with Crippen LogP contribution in [0.3, 0.4) is 0 Å². The molecule has 2 atom stereocenters. The van der Waals surface area contributed by atoms with Gasteiger partial charge in [0.05, 0.1) is 12.0 Å². The molecule has 0 saturated carbocycles. The predicted octanol–water partition coefficient (Wildman–Crippen LogP) is -0.00552. The van der Waals surface area contributed by atoms with E-state index in [4.69, 9.17) is 10.4 Å². The van der Waals surface area contributed by atoms with E-state index < -0.39 is 12.0 Å². The van der Waals surface area contributed by atoms with Crippen LogP contribution in [0.15, 0.2) is 0 Å². The Morgan fingerprint density at radius 3 is 2.64 bits per heavy atom. The molecule has 5 heteroatoms. The molecule has 4 nitrogen and oxygen atoms in total. The Kier molecular flexibility index (Phi) is 3.86. The highest BCUT2D eigenvalue weighted by atomic mass is 35.5. The fraction of sp³-hybridized carbons (Fsp3) is 0.667. The first kappa shape index (κ1) is 10.2. The standard InChI is InChI=1S/C6H8N2O2.ClH/c7-2-4-1-5(6(9)10)8-3-4;/h4-5,8H,1,3H2,(H,9,10);1H/t4-,5-;/m0./s1. The van der Waals surface area contributed by atoms with E-state index in [9.17, 15) is 4.79 Å². The molecule has 1 aliphatic rings. The van der Waals surface area contributed by atoms with Crippen LogP contribution in [0.1, 0.15) is 6.42 Å². The van der Waals surface area contributed by atoms with Crippen molar-refractivity contribution in [1.29, 1.82) is 5.26 Å². The molecule has 2 N–H and O–H groups in total. The second-order valence-electron chi connectivity index (χ2n) is 2.36. The Morgan fingerprint density at radius 1 is 1.73 bits per heavy atom. The van der Waals surface area contributed by atoms with Crippen LogP contribution in [0.25, 0.3) is 0 Å². The molecule has 0 unspecified atom stereocenters. The number of aliphatic carboxylic acids is 1. The van der Waals surface area contributed by atoms with Crippen molar-refractivity contribution in [2.24, 2.45) is 5.92 Å². The number of hydrogen-bond acceptors (Lipinski definition) is 3. The van der Waals surface area contributed by atoms with Crippen LogP contribution in [-0.2, 0) is 4.79 Å². The maximum absolute atomic E-state index is 10.3. The molecule has 11 heavy (non-hydrogen) atoms. The molecule has 1 saturated heterocycles. The van der Waals surface area contributed by atoms with Crippen LogP contribution < -0.4 is 5.32 Å². The van der Waals surface area contributed by atoms with Gasteiger partial charge in [0.2, 0.25) is 0 Å². The van der Waals surface area contributed by atoms with Crippen molar-refractivity contribution in [3.63, 3.8) is 0 Å². The van der Waals surface area contributed by atoms with Gasteiger partial charge in [-0.3, -0.25) is 4.79 Å². The van der Waals surface area contributed by atoms with Crippen molar-refractivity contribution in [3.05, 3.63) is 0 Å². The Labute approximate surface area is 70.6 Å². The molecule has 0 aromatic heterocycles. The summed E-state index contributed by atoms with van der Waals surface area (Å²) >= 11 is 0. The Hall–Kier alpha value is -0.790. The van der Waals surface area contributed by atoms with E-state index in [2.05, 4.69) is 5.32 Å². The van der Waals surface area contributed by atoms with E-state index in [1.807, 2.05) is 6.07 Å². The number of nitriles is 1. The minimum absolute atomic E-state index is 0. The summed E-state index contributed by atoms with van der Waals surface area (Å²) in [6.07, 6.45) is 0.436. The van der Waals surface area contributed by atoms with Gasteiger partial charge < -0.3 is 10.4 Å². The summed E-state index contributed by atoms with van der Waals surface area (Å²) in [5.41, 5.74) is 0. The molecule has 0 aliphatic carbocycles. The first-order chi connectivity index (χ1) is 4.74. The van der Waals surface area contributed by atoms with Gasteiger partial charge in [0.15, 0.2) is 0 Å². The third kappa shape index (κ3) is 2.37. The number of halogens is 1. The van der Waals surface area contributed by atoms with Crippen molar-refractivity contribution in [2.45, 2.75) is 12.5 Å². The Balaban J connectivity index is 0.000001000. The maximum atomic E-state index is 10.3. The maximum Gasteiger partial charge on any atom is 0.320 e. The summed E-state index contributed by atoms with van der Waals surface area (Å²) in [6, 6.07) is 1.51. The topological polar surface area (TPSA) is 73.1 Å². The fourth-order valence-corrected chi connectivity index (χ4v) is 1.02. The molecule has 0 amide bonds. The van der Waals surface area contributed by atoms with Gasteiger partial charge in [-0.2, -0.15) is 5.26 Å². The largest absolute Gasteiger partial charge is 0.480 e. The summed E-state index contributed by atoms with van der Waals surface area (Å²) < 4.78 is 0. The Bertz CT molecular complexity index is 190. The van der Waals surface area contributed by atoms with Crippen LogP contribution in [0.4, 0.5) is 0 Å². The van der Waals surface area contributed by atoms with Crippen molar-refractivity contribution < 1.29 is 9.90 Å². The zero-order valence-electron chi connectivity index (χ0n) is 5.78. The third-order valence-corrected chi connectivity index (χ3v) is 1.61. The lowest BCUT2D eigenvalue weighted by Crippen LogP contribution is -2.29. The molecule has 1 aliphatic heterocycles. The molecular formula is C6H9ClN2O2. The van der Waals surface area contributed by atoms with Gasteiger partial charge >= 0.3 is 5.97 Å². The molecular weight excluding hydrogens is 168 g/mol. The van der Waals surface area contributed by atoms with E-state index in [1.165, 1.54) is 0 Å². The smallest absolute Gasteiger partial charge is 0.320 e. The van der Waals surface area contributed by atoms with Crippen LogP contribution >= 0.6 is 12.4 Å². The SMILES string of the molecule is Cl.N#C[C@H]1CN[C@H](C(=O)O)C1. The molecule has 1 fully saturated rings. The predicted molar refractivity (Wildman–Crippen MR) is 40.4 cm³/mol. The van der Waals surface area contributed by atoms with E-state index in [0.29, 0.717) is 13.0 Å². The average molecular weight is 177 g/mol. The summed E-state index contributed by atoms with van der Waals surface area (Å²) in [6.45, 7) is 0.507. The monoisotopic (exact) mass is 176 g/mol. The van der Waals surface area contributed by atoms with Crippen molar-refractivity contribution in [3.8, 4) is 6.07 Å². The van der Waals surface area contributed by atoms with E-state index in [0.717, 1.165) is 0 Å². The van der Waals surface area contributed by atoms with E-state index in [-0.39, 0.29) is 18.3 Å². The van der Waals surface area contributed by atoms with Crippen molar-refractivity contribution in [2.75, 3.05) is 6.54 Å². The highest BCUT2D eigenvalue weighted by Gasteiger charge is 2.28. The van der Waals surface area contributed by atoms with Crippen molar-refractivity contribution >= 4 is 18.4 Å². The quantitative estimate of drug-likeness (QED) is 0.590. The number of carboxylic acids is 1. The second-order valence-corrected chi connectivity index (χ2v) is 2.36. The molecule has 62 valence electrons. The summed E-state index contributed by atoms with van der Waals surface area (Å²) in [5.74, 6) is -0.987. The van der Waals surface area contributed by atoms with Gasteiger partial charge in [0, 0.05) is 6.54 Å². The number of hydrogen-bond donors (Lipinski definition) is 2. The van der Waals surface area contributed by atoms with Crippen LogP contribution in [0.2, 0.25) is 0 Å². The molecule has 0 aromatic rings. The number of carbonyl (C=O) groups is 1. The number of nitrogens with zero attached hydrogens (tertiary/aromatic N) is 1. The van der Waals surface area contributed by atoms with Crippen LogP contribution in [0.5, 0.6) is 0 Å². The molecule has 0 radical (unpaired) electrons. The first-order valence-electron chi connectivity index (χ1n) is 3.10. The summed E-state index contributed by atoms with van der Waals surface area (Å²) in [7, 11) is 0.